The second kappa shape index (κ2) is 2.96. The van der Waals surface area contributed by atoms with Gasteiger partial charge in [0, 0.05) is 31.7 Å². The molecule has 3 aliphatic rings. The average Bonchev–Trinajstić information content (AvgIpc) is 2.75. The molecule has 1 aliphatic carbocycles. The molecule has 0 aromatic carbocycles. The van der Waals surface area contributed by atoms with Crippen LogP contribution in [0.15, 0.2) is 0 Å². The van der Waals surface area contributed by atoms with Crippen molar-refractivity contribution in [2.24, 2.45) is 5.92 Å². The van der Waals surface area contributed by atoms with Crippen LogP contribution in [-0.4, -0.2) is 48.1 Å². The van der Waals surface area contributed by atoms with Crippen LogP contribution in [0.3, 0.4) is 0 Å². The third-order valence-electron chi connectivity index (χ3n) is 4.06. The predicted molar refractivity (Wildman–Crippen MR) is 53.7 cm³/mol. The summed E-state index contributed by atoms with van der Waals surface area (Å²) in [7, 11) is 0. The molecular formula is C11H20N2. The molecule has 0 spiro atoms. The molecule has 2 bridgehead atoms. The summed E-state index contributed by atoms with van der Waals surface area (Å²) in [5, 5.41) is 0. The molecule has 0 aromatic rings. The van der Waals surface area contributed by atoms with Gasteiger partial charge in [0.05, 0.1) is 0 Å². The first-order valence-corrected chi connectivity index (χ1v) is 5.85. The average molecular weight is 180 g/mol. The Balaban J connectivity index is 1.58. The molecule has 2 saturated heterocycles. The van der Waals surface area contributed by atoms with Crippen LogP contribution >= 0.6 is 0 Å². The molecule has 0 N–H and O–H groups in total. The quantitative estimate of drug-likeness (QED) is 0.643. The fourth-order valence-electron chi connectivity index (χ4n) is 3.07. The van der Waals surface area contributed by atoms with E-state index in [4.69, 9.17) is 0 Å². The number of rotatable bonds is 3. The molecule has 0 unspecified atom stereocenters. The molecular weight excluding hydrogens is 160 g/mol. The number of likely N-dealkylation sites (N-methyl/N-ethyl adjacent to an activating group) is 1. The van der Waals surface area contributed by atoms with Crippen LogP contribution in [0.25, 0.3) is 0 Å². The predicted octanol–water partition coefficient (Wildman–Crippen LogP) is 1.17. The van der Waals surface area contributed by atoms with Gasteiger partial charge in [0.1, 0.15) is 0 Å². The van der Waals surface area contributed by atoms with Crippen molar-refractivity contribution in [1.29, 1.82) is 0 Å². The Kier molecular flexibility index (Phi) is 1.88. The topological polar surface area (TPSA) is 6.48 Å². The van der Waals surface area contributed by atoms with Crippen LogP contribution in [0.1, 0.15) is 26.2 Å². The maximum Gasteiger partial charge on any atom is 0.0239 e. The maximum absolute atomic E-state index is 2.76. The highest BCUT2D eigenvalue weighted by molar-refractivity contribution is 5.00. The third-order valence-corrected chi connectivity index (χ3v) is 4.06. The van der Waals surface area contributed by atoms with Crippen LogP contribution < -0.4 is 0 Å². The zero-order valence-electron chi connectivity index (χ0n) is 8.58. The van der Waals surface area contributed by atoms with Crippen molar-refractivity contribution < 1.29 is 0 Å². The number of hydrogen-bond donors (Lipinski definition) is 0. The summed E-state index contributed by atoms with van der Waals surface area (Å²) in [5.41, 5.74) is 0. The van der Waals surface area contributed by atoms with Crippen molar-refractivity contribution in [3.05, 3.63) is 0 Å². The Labute approximate surface area is 80.9 Å². The van der Waals surface area contributed by atoms with Crippen LogP contribution in [-0.2, 0) is 0 Å². The zero-order valence-corrected chi connectivity index (χ0v) is 8.58. The summed E-state index contributed by atoms with van der Waals surface area (Å²) >= 11 is 0. The molecule has 0 aromatic heterocycles. The Morgan fingerprint density at radius 3 is 2.31 bits per heavy atom. The highest BCUT2D eigenvalue weighted by Gasteiger charge is 2.43. The van der Waals surface area contributed by atoms with Crippen LogP contribution in [0, 0.1) is 5.92 Å². The lowest BCUT2D eigenvalue weighted by Crippen LogP contribution is -2.46. The van der Waals surface area contributed by atoms with Gasteiger partial charge in [0.2, 0.25) is 0 Å². The van der Waals surface area contributed by atoms with Gasteiger partial charge < -0.3 is 0 Å². The lowest BCUT2D eigenvalue weighted by atomic mass is 10.2. The Hall–Kier alpha value is -0.0800. The molecule has 0 amide bonds. The zero-order chi connectivity index (χ0) is 8.84. The van der Waals surface area contributed by atoms with Gasteiger partial charge in [0.25, 0.3) is 0 Å². The number of piperazine rings is 1. The lowest BCUT2D eigenvalue weighted by Gasteiger charge is -2.33. The standard InChI is InChI=1S/C11H20N2/c1-2-12-7-11-5-10(12)8-13(11)6-9-3-4-9/h9-11H,2-8H2,1H3/t10-,11-/m0/s1. The van der Waals surface area contributed by atoms with E-state index in [0.717, 1.165) is 18.0 Å². The van der Waals surface area contributed by atoms with E-state index in [2.05, 4.69) is 16.7 Å². The SMILES string of the molecule is CCN1C[C@@H]2C[C@H]1CN2CC1CC1. The molecule has 2 heterocycles. The van der Waals surface area contributed by atoms with E-state index in [1.54, 1.807) is 0 Å². The minimum atomic E-state index is 0.911. The van der Waals surface area contributed by atoms with Gasteiger partial charge in [-0.3, -0.25) is 9.80 Å². The van der Waals surface area contributed by atoms with Gasteiger partial charge in [-0.25, -0.2) is 0 Å². The summed E-state index contributed by atoms with van der Waals surface area (Å²) in [6, 6.07) is 1.83. The molecule has 3 fully saturated rings. The first-order valence-electron chi connectivity index (χ1n) is 5.85. The van der Waals surface area contributed by atoms with Crippen LogP contribution in [0.5, 0.6) is 0 Å². The monoisotopic (exact) mass is 180 g/mol. The van der Waals surface area contributed by atoms with Crippen molar-refractivity contribution in [2.45, 2.75) is 38.3 Å². The molecule has 2 atom stereocenters. The summed E-state index contributed by atoms with van der Waals surface area (Å²) in [4.78, 5) is 5.42. The number of fused-ring (bicyclic) bond motifs is 2. The minimum absolute atomic E-state index is 0.911. The summed E-state index contributed by atoms with van der Waals surface area (Å²) in [6.07, 6.45) is 4.47. The van der Waals surface area contributed by atoms with Gasteiger partial charge in [-0.1, -0.05) is 6.92 Å². The minimum Gasteiger partial charge on any atom is -0.298 e. The maximum atomic E-state index is 2.76. The first-order chi connectivity index (χ1) is 6.36. The highest BCUT2D eigenvalue weighted by Crippen LogP contribution is 2.36. The normalized spacial score (nSPS) is 40.4. The van der Waals surface area contributed by atoms with Gasteiger partial charge in [0.15, 0.2) is 0 Å². The second-order valence-corrected chi connectivity index (χ2v) is 5.03. The molecule has 1 saturated carbocycles. The number of nitrogens with zero attached hydrogens (tertiary/aromatic N) is 2. The Morgan fingerprint density at radius 1 is 1.08 bits per heavy atom. The number of likely N-dealkylation sites (tertiary alicyclic amines) is 2. The van der Waals surface area contributed by atoms with E-state index >= 15 is 0 Å². The van der Waals surface area contributed by atoms with Gasteiger partial charge in [-0.05, 0) is 31.7 Å². The van der Waals surface area contributed by atoms with Crippen LogP contribution in [0.2, 0.25) is 0 Å². The molecule has 0 radical (unpaired) electrons. The van der Waals surface area contributed by atoms with Crippen molar-refractivity contribution >= 4 is 0 Å². The van der Waals surface area contributed by atoms with E-state index in [-0.39, 0.29) is 0 Å². The summed E-state index contributed by atoms with van der Waals surface area (Å²) in [5.74, 6) is 1.08. The molecule has 74 valence electrons. The van der Waals surface area contributed by atoms with Gasteiger partial charge >= 0.3 is 0 Å². The fraction of sp³-hybridized carbons (Fsp3) is 1.00. The summed E-state index contributed by atoms with van der Waals surface area (Å²) in [6.45, 7) is 7.70. The molecule has 2 nitrogen and oxygen atoms in total. The van der Waals surface area contributed by atoms with Crippen molar-refractivity contribution in [3.8, 4) is 0 Å². The largest absolute Gasteiger partial charge is 0.298 e. The second-order valence-electron chi connectivity index (χ2n) is 5.03. The highest BCUT2D eigenvalue weighted by atomic mass is 15.3. The first kappa shape index (κ1) is 8.25. The van der Waals surface area contributed by atoms with Crippen molar-refractivity contribution in [1.82, 2.24) is 9.80 Å². The smallest absolute Gasteiger partial charge is 0.0239 e. The molecule has 13 heavy (non-hydrogen) atoms. The Bertz CT molecular complexity index is 200. The van der Waals surface area contributed by atoms with E-state index < -0.39 is 0 Å². The van der Waals surface area contributed by atoms with E-state index in [9.17, 15) is 0 Å². The van der Waals surface area contributed by atoms with Crippen molar-refractivity contribution in [2.75, 3.05) is 26.2 Å². The van der Waals surface area contributed by atoms with Crippen molar-refractivity contribution in [3.63, 3.8) is 0 Å². The fourth-order valence-corrected chi connectivity index (χ4v) is 3.07. The van der Waals surface area contributed by atoms with Crippen LogP contribution in [0.4, 0.5) is 0 Å². The molecule has 2 aliphatic heterocycles. The molecule has 3 rings (SSSR count). The Morgan fingerprint density at radius 2 is 1.77 bits per heavy atom. The lowest BCUT2D eigenvalue weighted by molar-refractivity contribution is 0.129. The summed E-state index contributed by atoms with van der Waals surface area (Å²) < 4.78 is 0. The van der Waals surface area contributed by atoms with Gasteiger partial charge in [-0.15, -0.1) is 0 Å². The van der Waals surface area contributed by atoms with E-state index in [1.165, 1.54) is 45.4 Å². The van der Waals surface area contributed by atoms with E-state index in [0.29, 0.717) is 0 Å². The van der Waals surface area contributed by atoms with E-state index in [1.807, 2.05) is 0 Å². The molecule has 2 heteroatoms. The number of hydrogen-bond acceptors (Lipinski definition) is 2. The van der Waals surface area contributed by atoms with Gasteiger partial charge in [-0.2, -0.15) is 0 Å². The third kappa shape index (κ3) is 1.40.